The van der Waals surface area contributed by atoms with Gasteiger partial charge in [0.1, 0.15) is 0 Å². The van der Waals surface area contributed by atoms with Crippen molar-refractivity contribution in [1.82, 2.24) is 0 Å². The van der Waals surface area contributed by atoms with Crippen LogP contribution in [0, 0.1) is 17.8 Å². The maximum Gasteiger partial charge on any atom is 0.224 e. The van der Waals surface area contributed by atoms with E-state index in [4.69, 9.17) is 11.6 Å². The van der Waals surface area contributed by atoms with Gasteiger partial charge in [0.05, 0.1) is 10.7 Å². The Bertz CT molecular complexity index is 570. The molecule has 21 heavy (non-hydrogen) atoms. The summed E-state index contributed by atoms with van der Waals surface area (Å²) in [5, 5.41) is 7.02. The van der Waals surface area contributed by atoms with E-state index in [0.717, 1.165) is 29.8 Å². The van der Waals surface area contributed by atoms with Gasteiger partial charge in [-0.05, 0) is 48.8 Å². The number of fused-ring (bicyclic) bond motifs is 2. The fourth-order valence-electron chi connectivity index (χ4n) is 3.36. The van der Waals surface area contributed by atoms with Crippen molar-refractivity contribution in [3.8, 4) is 0 Å². The van der Waals surface area contributed by atoms with Crippen LogP contribution in [0.4, 0.5) is 11.4 Å². The van der Waals surface area contributed by atoms with Crippen LogP contribution in [-0.2, 0) is 4.79 Å². The first-order valence-electron chi connectivity index (χ1n) is 7.67. The first-order chi connectivity index (χ1) is 10.2. The van der Waals surface area contributed by atoms with E-state index in [1.54, 1.807) is 0 Å². The van der Waals surface area contributed by atoms with Gasteiger partial charge in [-0.2, -0.15) is 0 Å². The molecule has 1 fully saturated rings. The predicted molar refractivity (Wildman–Crippen MR) is 87.7 cm³/mol. The molecule has 3 rings (SSSR count). The van der Waals surface area contributed by atoms with Crippen LogP contribution in [0.1, 0.15) is 26.2 Å². The molecule has 0 radical (unpaired) electrons. The smallest absolute Gasteiger partial charge is 0.224 e. The third kappa shape index (κ3) is 3.24. The molecule has 2 aliphatic rings. The molecule has 3 atom stereocenters. The topological polar surface area (TPSA) is 41.1 Å². The summed E-state index contributed by atoms with van der Waals surface area (Å²) in [5.41, 5.74) is 1.69. The molecule has 3 unspecified atom stereocenters. The number of anilines is 2. The van der Waals surface area contributed by atoms with Gasteiger partial charge in [-0.15, -0.1) is 0 Å². The lowest BCUT2D eigenvalue weighted by atomic mass is 9.93. The maximum absolute atomic E-state index is 11.5. The molecular weight excluding hydrogens is 284 g/mol. The molecule has 1 aromatic rings. The summed E-state index contributed by atoms with van der Waals surface area (Å²) < 4.78 is 0. The third-order valence-electron chi connectivity index (χ3n) is 4.54. The van der Waals surface area contributed by atoms with Gasteiger partial charge in [-0.25, -0.2) is 0 Å². The van der Waals surface area contributed by atoms with Crippen LogP contribution in [0.2, 0.25) is 5.02 Å². The fourth-order valence-corrected chi connectivity index (χ4v) is 3.54. The number of nitrogens with one attached hydrogen (secondary N) is 2. The predicted octanol–water partition coefficient (Wildman–Crippen LogP) is 4.31. The molecule has 0 heterocycles. The van der Waals surface area contributed by atoms with Crippen LogP contribution in [0.25, 0.3) is 0 Å². The van der Waals surface area contributed by atoms with Crippen molar-refractivity contribution in [2.45, 2.75) is 26.2 Å². The Morgan fingerprint density at radius 2 is 2.19 bits per heavy atom. The number of hydrogen-bond donors (Lipinski definition) is 2. The lowest BCUT2D eigenvalue weighted by Gasteiger charge is -2.20. The number of rotatable bonds is 5. The van der Waals surface area contributed by atoms with E-state index in [1.807, 2.05) is 25.1 Å². The zero-order valence-corrected chi connectivity index (χ0v) is 13.0. The van der Waals surface area contributed by atoms with Crippen molar-refractivity contribution in [2.24, 2.45) is 17.8 Å². The molecule has 4 heteroatoms. The molecule has 0 spiro atoms. The normalized spacial score (nSPS) is 26.1. The quantitative estimate of drug-likeness (QED) is 0.796. The van der Waals surface area contributed by atoms with Crippen LogP contribution in [0.3, 0.4) is 0 Å². The molecule has 0 saturated heterocycles. The standard InChI is InChI=1S/C17H21ClN2O/c1-2-17(21)20-14-5-6-15(18)16(9-14)19-10-13-8-11-3-4-12(13)7-11/h3-6,9,11-13,19H,2,7-8,10H2,1H3,(H,20,21). The maximum atomic E-state index is 11.5. The van der Waals surface area contributed by atoms with Crippen LogP contribution in [-0.4, -0.2) is 12.5 Å². The summed E-state index contributed by atoms with van der Waals surface area (Å²) >= 11 is 6.24. The Morgan fingerprint density at radius 1 is 1.33 bits per heavy atom. The number of allylic oxidation sites excluding steroid dienone is 2. The van der Waals surface area contributed by atoms with E-state index in [2.05, 4.69) is 22.8 Å². The Labute approximate surface area is 130 Å². The monoisotopic (exact) mass is 304 g/mol. The van der Waals surface area contributed by atoms with Crippen molar-refractivity contribution in [2.75, 3.05) is 17.2 Å². The highest BCUT2D eigenvalue weighted by molar-refractivity contribution is 6.33. The molecule has 2 aliphatic carbocycles. The molecule has 0 aliphatic heterocycles. The van der Waals surface area contributed by atoms with E-state index in [9.17, 15) is 4.79 Å². The van der Waals surface area contributed by atoms with Gasteiger partial charge in [0.15, 0.2) is 0 Å². The Balaban J connectivity index is 1.63. The molecule has 2 N–H and O–H groups in total. The van der Waals surface area contributed by atoms with E-state index < -0.39 is 0 Å². The highest BCUT2D eigenvalue weighted by Crippen LogP contribution is 2.43. The lowest BCUT2D eigenvalue weighted by molar-refractivity contribution is -0.115. The van der Waals surface area contributed by atoms with Gasteiger partial charge >= 0.3 is 0 Å². The first kappa shape index (κ1) is 14.5. The van der Waals surface area contributed by atoms with Crippen LogP contribution >= 0.6 is 11.6 Å². The largest absolute Gasteiger partial charge is 0.383 e. The number of benzene rings is 1. The number of halogens is 1. The summed E-state index contributed by atoms with van der Waals surface area (Å²) in [7, 11) is 0. The van der Waals surface area contributed by atoms with Gasteiger partial charge in [0.2, 0.25) is 5.91 Å². The molecule has 1 saturated carbocycles. The Hall–Kier alpha value is -1.48. The van der Waals surface area contributed by atoms with E-state index >= 15 is 0 Å². The van der Waals surface area contributed by atoms with E-state index in [-0.39, 0.29) is 5.91 Å². The molecule has 1 aromatic carbocycles. The zero-order chi connectivity index (χ0) is 14.8. The van der Waals surface area contributed by atoms with Crippen LogP contribution < -0.4 is 10.6 Å². The Kier molecular flexibility index (Phi) is 4.20. The molecule has 112 valence electrons. The zero-order valence-electron chi connectivity index (χ0n) is 12.2. The highest BCUT2D eigenvalue weighted by atomic mass is 35.5. The lowest BCUT2D eigenvalue weighted by Crippen LogP contribution is -2.18. The van der Waals surface area contributed by atoms with Crippen molar-refractivity contribution in [3.63, 3.8) is 0 Å². The van der Waals surface area contributed by atoms with Crippen molar-refractivity contribution < 1.29 is 4.79 Å². The molecule has 2 bridgehead atoms. The summed E-state index contributed by atoms with van der Waals surface area (Å²) in [6, 6.07) is 5.58. The summed E-state index contributed by atoms with van der Waals surface area (Å²) in [6.07, 6.45) is 7.78. The minimum absolute atomic E-state index is 0.0153. The van der Waals surface area contributed by atoms with Crippen molar-refractivity contribution in [3.05, 3.63) is 35.4 Å². The average Bonchev–Trinajstić information content (AvgIpc) is 3.10. The first-order valence-corrected chi connectivity index (χ1v) is 8.05. The van der Waals surface area contributed by atoms with Gasteiger partial charge < -0.3 is 10.6 Å². The minimum atomic E-state index is 0.0153. The minimum Gasteiger partial charge on any atom is -0.383 e. The molecule has 1 amide bonds. The SMILES string of the molecule is CCC(=O)Nc1ccc(Cl)c(NCC2CC3C=CC2C3)c1. The second-order valence-electron chi connectivity index (χ2n) is 6.02. The number of amides is 1. The second kappa shape index (κ2) is 6.10. The van der Waals surface area contributed by atoms with Crippen LogP contribution in [0.5, 0.6) is 0 Å². The highest BCUT2D eigenvalue weighted by Gasteiger charge is 2.35. The second-order valence-corrected chi connectivity index (χ2v) is 6.42. The van der Waals surface area contributed by atoms with E-state index in [0.29, 0.717) is 17.4 Å². The summed E-state index contributed by atoms with van der Waals surface area (Å²) in [5.74, 6) is 2.23. The average molecular weight is 305 g/mol. The number of carbonyl (C=O) groups is 1. The van der Waals surface area contributed by atoms with Gasteiger partial charge in [0.25, 0.3) is 0 Å². The van der Waals surface area contributed by atoms with Crippen molar-refractivity contribution >= 4 is 28.9 Å². The third-order valence-corrected chi connectivity index (χ3v) is 4.87. The molecular formula is C17H21ClN2O. The number of hydrogen-bond acceptors (Lipinski definition) is 2. The van der Waals surface area contributed by atoms with Gasteiger partial charge in [-0.3, -0.25) is 4.79 Å². The summed E-state index contributed by atoms with van der Waals surface area (Å²) in [6.45, 7) is 2.78. The number of carbonyl (C=O) groups excluding carboxylic acids is 1. The van der Waals surface area contributed by atoms with Crippen LogP contribution in [0.15, 0.2) is 30.4 Å². The van der Waals surface area contributed by atoms with Crippen molar-refractivity contribution in [1.29, 1.82) is 0 Å². The Morgan fingerprint density at radius 3 is 2.86 bits per heavy atom. The summed E-state index contributed by atoms with van der Waals surface area (Å²) in [4.78, 5) is 11.5. The van der Waals surface area contributed by atoms with Gasteiger partial charge in [-0.1, -0.05) is 30.7 Å². The molecule has 3 nitrogen and oxygen atoms in total. The van der Waals surface area contributed by atoms with E-state index in [1.165, 1.54) is 12.8 Å². The van der Waals surface area contributed by atoms with Gasteiger partial charge in [0, 0.05) is 18.7 Å². The molecule has 0 aromatic heterocycles. The fraction of sp³-hybridized carbons (Fsp3) is 0.471.